The number of nitrogens with one attached hydrogen (secondary N) is 1. The standard InChI is InChI=1S/C15H14F4N2/c1-8-5-10(14(19)7-13(8)18)15(21-20)6-9-11(16)3-2-4-12(9)17/h2-5,7,15,21H,6,20H2,1H3. The van der Waals surface area contributed by atoms with Gasteiger partial charge in [0.05, 0.1) is 6.04 Å². The van der Waals surface area contributed by atoms with E-state index >= 15 is 0 Å². The maximum atomic E-state index is 13.8. The fraction of sp³-hybridized carbons (Fsp3) is 0.200. The van der Waals surface area contributed by atoms with E-state index in [9.17, 15) is 17.6 Å². The summed E-state index contributed by atoms with van der Waals surface area (Å²) in [6.07, 6.45) is -0.197. The van der Waals surface area contributed by atoms with E-state index in [0.29, 0.717) is 0 Å². The molecule has 21 heavy (non-hydrogen) atoms. The molecule has 0 saturated heterocycles. The number of hydrogen-bond acceptors (Lipinski definition) is 2. The molecule has 2 aromatic carbocycles. The molecule has 0 bridgehead atoms. The lowest BCUT2D eigenvalue weighted by Gasteiger charge is -2.18. The lowest BCUT2D eigenvalue weighted by molar-refractivity contribution is 0.476. The van der Waals surface area contributed by atoms with Crippen LogP contribution in [0.2, 0.25) is 0 Å². The molecule has 0 radical (unpaired) electrons. The van der Waals surface area contributed by atoms with Gasteiger partial charge < -0.3 is 0 Å². The zero-order valence-corrected chi connectivity index (χ0v) is 11.3. The molecule has 1 atom stereocenters. The van der Waals surface area contributed by atoms with Crippen molar-refractivity contribution < 1.29 is 17.6 Å². The Bertz CT molecular complexity index is 638. The van der Waals surface area contributed by atoms with E-state index < -0.39 is 29.3 Å². The van der Waals surface area contributed by atoms with Crippen molar-refractivity contribution in [3.63, 3.8) is 0 Å². The predicted molar refractivity (Wildman–Crippen MR) is 71.2 cm³/mol. The van der Waals surface area contributed by atoms with E-state index in [2.05, 4.69) is 5.43 Å². The highest BCUT2D eigenvalue weighted by atomic mass is 19.1. The van der Waals surface area contributed by atoms with Crippen LogP contribution in [0.4, 0.5) is 17.6 Å². The first kappa shape index (κ1) is 15.5. The molecule has 0 heterocycles. The van der Waals surface area contributed by atoms with Gasteiger partial charge in [-0.3, -0.25) is 11.3 Å². The van der Waals surface area contributed by atoms with Crippen LogP contribution in [0.5, 0.6) is 0 Å². The molecule has 3 N–H and O–H groups in total. The third-order valence-corrected chi connectivity index (χ3v) is 3.32. The molecule has 0 spiro atoms. The molecule has 2 rings (SSSR count). The predicted octanol–water partition coefficient (Wildman–Crippen LogP) is 3.30. The van der Waals surface area contributed by atoms with Gasteiger partial charge in [-0.25, -0.2) is 17.6 Å². The third-order valence-electron chi connectivity index (χ3n) is 3.32. The summed E-state index contributed by atoms with van der Waals surface area (Å²) in [4.78, 5) is 0. The van der Waals surface area contributed by atoms with Gasteiger partial charge in [0, 0.05) is 17.2 Å². The van der Waals surface area contributed by atoms with Crippen LogP contribution < -0.4 is 11.3 Å². The zero-order chi connectivity index (χ0) is 15.6. The SMILES string of the molecule is Cc1cc(C(Cc2c(F)cccc2F)NN)c(F)cc1F. The highest BCUT2D eigenvalue weighted by molar-refractivity contribution is 5.30. The Morgan fingerprint density at radius 3 is 2.19 bits per heavy atom. The molecule has 0 aliphatic carbocycles. The molecule has 112 valence electrons. The average molecular weight is 298 g/mol. The van der Waals surface area contributed by atoms with Crippen molar-refractivity contribution in [3.05, 3.63) is 70.3 Å². The Balaban J connectivity index is 2.39. The van der Waals surface area contributed by atoms with Crippen LogP contribution in [0.15, 0.2) is 30.3 Å². The maximum absolute atomic E-state index is 13.8. The fourth-order valence-electron chi connectivity index (χ4n) is 2.14. The van der Waals surface area contributed by atoms with Crippen molar-refractivity contribution in [2.75, 3.05) is 0 Å². The number of halogens is 4. The molecule has 0 aliphatic heterocycles. The summed E-state index contributed by atoms with van der Waals surface area (Å²) in [5.41, 5.74) is 2.38. The number of hydrogen-bond donors (Lipinski definition) is 2. The lowest BCUT2D eigenvalue weighted by atomic mass is 9.96. The number of nitrogens with two attached hydrogens (primary N) is 1. The quantitative estimate of drug-likeness (QED) is 0.516. The second-order valence-corrected chi connectivity index (χ2v) is 4.75. The molecular weight excluding hydrogens is 284 g/mol. The lowest BCUT2D eigenvalue weighted by Crippen LogP contribution is -2.31. The molecule has 0 aromatic heterocycles. The van der Waals surface area contributed by atoms with Gasteiger partial charge >= 0.3 is 0 Å². The van der Waals surface area contributed by atoms with Crippen LogP contribution >= 0.6 is 0 Å². The molecule has 0 aliphatic rings. The number of benzene rings is 2. The van der Waals surface area contributed by atoms with E-state index in [0.717, 1.165) is 18.2 Å². The topological polar surface area (TPSA) is 38.0 Å². The second-order valence-electron chi connectivity index (χ2n) is 4.75. The number of hydrazine groups is 1. The van der Waals surface area contributed by atoms with Crippen molar-refractivity contribution in [1.82, 2.24) is 5.43 Å². The first-order valence-corrected chi connectivity index (χ1v) is 6.28. The Hall–Kier alpha value is -1.92. The number of rotatable bonds is 4. The van der Waals surface area contributed by atoms with E-state index in [1.807, 2.05) is 0 Å². The van der Waals surface area contributed by atoms with Crippen LogP contribution in [-0.4, -0.2) is 0 Å². The Labute approximate surface area is 119 Å². The molecular formula is C15H14F4N2. The van der Waals surface area contributed by atoms with E-state index in [4.69, 9.17) is 5.84 Å². The van der Waals surface area contributed by atoms with E-state index in [1.165, 1.54) is 19.1 Å². The smallest absolute Gasteiger partial charge is 0.130 e. The van der Waals surface area contributed by atoms with Gasteiger partial charge in [-0.05, 0) is 37.1 Å². The van der Waals surface area contributed by atoms with Crippen LogP contribution in [0.1, 0.15) is 22.7 Å². The van der Waals surface area contributed by atoms with E-state index in [1.54, 1.807) is 0 Å². The minimum Gasteiger partial charge on any atom is -0.271 e. The molecule has 2 aromatic rings. The summed E-state index contributed by atoms with van der Waals surface area (Å²) in [7, 11) is 0. The van der Waals surface area contributed by atoms with Crippen molar-refractivity contribution in [2.45, 2.75) is 19.4 Å². The summed E-state index contributed by atoms with van der Waals surface area (Å²) in [5.74, 6) is 2.36. The Morgan fingerprint density at radius 2 is 1.62 bits per heavy atom. The summed E-state index contributed by atoms with van der Waals surface area (Å²) in [5, 5.41) is 0. The number of aryl methyl sites for hydroxylation is 1. The second kappa shape index (κ2) is 6.24. The highest BCUT2D eigenvalue weighted by Gasteiger charge is 2.20. The van der Waals surface area contributed by atoms with Crippen LogP contribution in [0.3, 0.4) is 0 Å². The molecule has 2 nitrogen and oxygen atoms in total. The highest BCUT2D eigenvalue weighted by Crippen LogP contribution is 2.25. The van der Waals surface area contributed by atoms with Gasteiger partial charge in [-0.2, -0.15) is 0 Å². The summed E-state index contributed by atoms with van der Waals surface area (Å²) >= 11 is 0. The molecule has 6 heteroatoms. The molecule has 0 amide bonds. The van der Waals surface area contributed by atoms with Crippen LogP contribution in [0, 0.1) is 30.2 Å². The minimum atomic E-state index is -0.879. The Kier molecular flexibility index (Phi) is 4.59. The van der Waals surface area contributed by atoms with Gasteiger partial charge in [0.15, 0.2) is 0 Å². The van der Waals surface area contributed by atoms with Gasteiger partial charge in [-0.1, -0.05) is 6.07 Å². The van der Waals surface area contributed by atoms with Gasteiger partial charge in [-0.15, -0.1) is 0 Å². The first-order chi connectivity index (χ1) is 9.93. The normalized spacial score (nSPS) is 12.5. The van der Waals surface area contributed by atoms with Crippen molar-refractivity contribution in [2.24, 2.45) is 5.84 Å². The maximum Gasteiger partial charge on any atom is 0.130 e. The van der Waals surface area contributed by atoms with Gasteiger partial charge in [0.2, 0.25) is 0 Å². The summed E-state index contributed by atoms with van der Waals surface area (Å²) in [6.45, 7) is 1.47. The van der Waals surface area contributed by atoms with E-state index in [-0.39, 0.29) is 23.1 Å². The first-order valence-electron chi connectivity index (χ1n) is 6.28. The zero-order valence-electron chi connectivity index (χ0n) is 11.3. The van der Waals surface area contributed by atoms with Crippen LogP contribution in [0.25, 0.3) is 0 Å². The summed E-state index contributed by atoms with van der Waals surface area (Å²) in [6, 6.07) is 4.58. The largest absolute Gasteiger partial charge is 0.271 e. The van der Waals surface area contributed by atoms with Crippen LogP contribution in [-0.2, 0) is 6.42 Å². The monoisotopic (exact) mass is 298 g/mol. The molecule has 0 saturated carbocycles. The van der Waals surface area contributed by atoms with Gasteiger partial charge in [0.25, 0.3) is 0 Å². The Morgan fingerprint density at radius 1 is 1.00 bits per heavy atom. The minimum absolute atomic E-state index is 0.0547. The van der Waals surface area contributed by atoms with Crippen molar-refractivity contribution in [1.29, 1.82) is 0 Å². The molecule has 0 fully saturated rings. The van der Waals surface area contributed by atoms with Gasteiger partial charge in [0.1, 0.15) is 23.3 Å². The van der Waals surface area contributed by atoms with Crippen molar-refractivity contribution >= 4 is 0 Å². The van der Waals surface area contributed by atoms with Crippen molar-refractivity contribution in [3.8, 4) is 0 Å². The fourth-order valence-corrected chi connectivity index (χ4v) is 2.14. The molecule has 1 unspecified atom stereocenters. The third kappa shape index (κ3) is 3.22. The average Bonchev–Trinajstić information content (AvgIpc) is 2.43. The summed E-state index contributed by atoms with van der Waals surface area (Å²) < 4.78 is 54.4.